The quantitative estimate of drug-likeness (QED) is 0.939. The summed E-state index contributed by atoms with van der Waals surface area (Å²) in [5.41, 5.74) is 7.92. The first kappa shape index (κ1) is 13.9. The van der Waals surface area contributed by atoms with Gasteiger partial charge < -0.3 is 10.5 Å². The van der Waals surface area contributed by atoms with E-state index in [0.29, 0.717) is 17.9 Å². The maximum Gasteiger partial charge on any atom is 0.162 e. The van der Waals surface area contributed by atoms with E-state index in [9.17, 15) is 8.78 Å². The van der Waals surface area contributed by atoms with Gasteiger partial charge in [0.1, 0.15) is 5.75 Å². The highest BCUT2D eigenvalue weighted by Gasteiger charge is 2.42. The molecule has 3 rings (SSSR count). The summed E-state index contributed by atoms with van der Waals surface area (Å²) in [6.07, 6.45) is 5.03. The summed E-state index contributed by atoms with van der Waals surface area (Å²) in [7, 11) is 0. The predicted molar refractivity (Wildman–Crippen MR) is 75.9 cm³/mol. The molecule has 1 aliphatic rings. The maximum absolute atomic E-state index is 13.7. The second kappa shape index (κ2) is 5.07. The summed E-state index contributed by atoms with van der Waals surface area (Å²) >= 11 is 0. The van der Waals surface area contributed by atoms with Gasteiger partial charge >= 0.3 is 0 Å². The van der Waals surface area contributed by atoms with E-state index in [2.05, 4.69) is 4.98 Å². The van der Waals surface area contributed by atoms with Crippen molar-refractivity contribution in [1.82, 2.24) is 4.98 Å². The molecule has 1 saturated carbocycles. The van der Waals surface area contributed by atoms with Crippen LogP contribution in [0.4, 0.5) is 8.78 Å². The summed E-state index contributed by atoms with van der Waals surface area (Å²) in [4.78, 5) is 4.10. The monoisotopic (exact) mass is 290 g/mol. The fraction of sp³-hybridized carbons (Fsp3) is 0.312. The van der Waals surface area contributed by atoms with Gasteiger partial charge in [-0.05, 0) is 43.0 Å². The van der Waals surface area contributed by atoms with Crippen LogP contribution < -0.4 is 10.5 Å². The number of hydrogen-bond acceptors (Lipinski definition) is 3. The molecule has 0 radical (unpaired) electrons. The van der Waals surface area contributed by atoms with E-state index in [1.807, 2.05) is 0 Å². The molecule has 1 heterocycles. The minimum absolute atomic E-state index is 0.313. The van der Waals surface area contributed by atoms with Gasteiger partial charge in [0.2, 0.25) is 0 Å². The molecule has 0 unspecified atom stereocenters. The highest BCUT2D eigenvalue weighted by molar-refractivity contribution is 5.74. The van der Waals surface area contributed by atoms with Gasteiger partial charge in [0, 0.05) is 29.6 Å². The van der Waals surface area contributed by atoms with Crippen LogP contribution >= 0.6 is 0 Å². The van der Waals surface area contributed by atoms with E-state index in [-0.39, 0.29) is 0 Å². The lowest BCUT2D eigenvalue weighted by atomic mass is 9.95. The molecule has 0 aliphatic heterocycles. The molecule has 0 amide bonds. The van der Waals surface area contributed by atoms with Crippen LogP contribution in [-0.2, 0) is 5.54 Å². The van der Waals surface area contributed by atoms with Gasteiger partial charge in [-0.3, -0.25) is 4.98 Å². The van der Waals surface area contributed by atoms with Crippen LogP contribution in [0.2, 0.25) is 0 Å². The van der Waals surface area contributed by atoms with E-state index in [1.165, 1.54) is 0 Å². The molecule has 2 aromatic rings. The summed E-state index contributed by atoms with van der Waals surface area (Å²) in [5, 5.41) is 0. The maximum atomic E-state index is 13.7. The zero-order chi connectivity index (χ0) is 15.0. The zero-order valence-corrected chi connectivity index (χ0v) is 11.7. The van der Waals surface area contributed by atoms with Gasteiger partial charge in [0.05, 0.1) is 6.61 Å². The first-order chi connectivity index (χ1) is 10.0. The molecule has 21 heavy (non-hydrogen) atoms. The van der Waals surface area contributed by atoms with Crippen molar-refractivity contribution in [1.29, 1.82) is 0 Å². The molecule has 1 aromatic carbocycles. The second-order valence-corrected chi connectivity index (χ2v) is 5.27. The predicted octanol–water partition coefficient (Wildman–Crippen LogP) is 3.37. The fourth-order valence-electron chi connectivity index (χ4n) is 2.44. The number of nitrogens with two attached hydrogens (primary N) is 1. The number of rotatable bonds is 4. The van der Waals surface area contributed by atoms with Gasteiger partial charge in [-0.2, -0.15) is 0 Å². The number of hydrogen-bond donors (Lipinski definition) is 1. The Labute approximate surface area is 121 Å². The molecule has 0 atom stereocenters. The highest BCUT2D eigenvalue weighted by atomic mass is 19.2. The van der Waals surface area contributed by atoms with Crippen molar-refractivity contribution < 1.29 is 13.5 Å². The fourth-order valence-corrected chi connectivity index (χ4v) is 2.44. The number of halogens is 2. The lowest BCUT2D eigenvalue weighted by molar-refractivity contribution is 0.338. The molecule has 3 nitrogen and oxygen atoms in total. The highest BCUT2D eigenvalue weighted by Crippen LogP contribution is 2.47. The van der Waals surface area contributed by atoms with E-state index in [4.69, 9.17) is 10.5 Å². The molecule has 0 bridgehead atoms. The van der Waals surface area contributed by atoms with E-state index < -0.39 is 17.2 Å². The normalized spacial score (nSPS) is 15.8. The van der Waals surface area contributed by atoms with Crippen molar-refractivity contribution in [3.05, 3.63) is 47.8 Å². The van der Waals surface area contributed by atoms with E-state index >= 15 is 0 Å². The summed E-state index contributed by atoms with van der Waals surface area (Å²) in [6.45, 7) is 2.16. The van der Waals surface area contributed by atoms with Crippen molar-refractivity contribution in [2.24, 2.45) is 5.73 Å². The molecule has 0 spiro atoms. The third-order valence-electron chi connectivity index (χ3n) is 3.76. The third kappa shape index (κ3) is 2.49. The molecule has 2 N–H and O–H groups in total. The number of pyridine rings is 1. The topological polar surface area (TPSA) is 48.1 Å². The number of benzene rings is 1. The number of ether oxygens (including phenoxy) is 1. The van der Waals surface area contributed by atoms with Gasteiger partial charge in [-0.15, -0.1) is 0 Å². The van der Waals surface area contributed by atoms with Gasteiger partial charge in [0.25, 0.3) is 0 Å². The molecule has 1 aromatic heterocycles. The molecule has 0 saturated heterocycles. The number of aromatic nitrogens is 1. The molecule has 1 fully saturated rings. The van der Waals surface area contributed by atoms with Crippen LogP contribution in [0.5, 0.6) is 5.75 Å². The first-order valence-corrected chi connectivity index (χ1v) is 6.91. The lowest BCUT2D eigenvalue weighted by Crippen LogP contribution is -2.20. The van der Waals surface area contributed by atoms with Crippen LogP contribution in [0, 0.1) is 11.6 Å². The molecule has 5 heteroatoms. The minimum Gasteiger partial charge on any atom is -0.493 e. The summed E-state index contributed by atoms with van der Waals surface area (Å²) < 4.78 is 32.6. The van der Waals surface area contributed by atoms with Crippen LogP contribution in [0.1, 0.15) is 25.3 Å². The Hall–Kier alpha value is -2.01. The van der Waals surface area contributed by atoms with E-state index in [1.54, 1.807) is 25.4 Å². The van der Waals surface area contributed by atoms with Crippen LogP contribution in [0.3, 0.4) is 0 Å². The Kier molecular flexibility index (Phi) is 3.37. The Morgan fingerprint density at radius 1 is 1.24 bits per heavy atom. The van der Waals surface area contributed by atoms with E-state index in [0.717, 1.165) is 36.1 Å². The summed E-state index contributed by atoms with van der Waals surface area (Å²) in [5.74, 6) is -1.52. The Bertz CT molecular complexity index is 684. The van der Waals surface area contributed by atoms with Crippen LogP contribution in [0.15, 0.2) is 30.6 Å². The number of nitrogens with zero attached hydrogens (tertiary/aromatic N) is 1. The standard InChI is InChI=1S/C16H16F2N2O/c1-2-21-15-8-14(18)13(17)7-11(15)10-3-6-20-9-12(10)16(19)4-5-16/h3,6-9H,2,4-5,19H2,1H3. The van der Waals surface area contributed by atoms with Gasteiger partial charge in [0.15, 0.2) is 11.6 Å². The van der Waals surface area contributed by atoms with Gasteiger partial charge in [-0.1, -0.05) is 0 Å². The smallest absolute Gasteiger partial charge is 0.162 e. The van der Waals surface area contributed by atoms with Crippen molar-refractivity contribution in [3.63, 3.8) is 0 Å². The van der Waals surface area contributed by atoms with Crippen molar-refractivity contribution in [2.75, 3.05) is 6.61 Å². The van der Waals surface area contributed by atoms with Gasteiger partial charge in [-0.25, -0.2) is 8.78 Å². The Balaban J connectivity index is 2.18. The van der Waals surface area contributed by atoms with Crippen molar-refractivity contribution in [3.8, 4) is 16.9 Å². The van der Waals surface area contributed by atoms with Crippen LogP contribution in [0.25, 0.3) is 11.1 Å². The lowest BCUT2D eigenvalue weighted by Gasteiger charge is -2.17. The molecular weight excluding hydrogens is 274 g/mol. The summed E-state index contributed by atoms with van der Waals surface area (Å²) in [6, 6.07) is 4.00. The van der Waals surface area contributed by atoms with Crippen molar-refractivity contribution in [2.45, 2.75) is 25.3 Å². The second-order valence-electron chi connectivity index (χ2n) is 5.27. The van der Waals surface area contributed by atoms with Crippen LogP contribution in [-0.4, -0.2) is 11.6 Å². The first-order valence-electron chi connectivity index (χ1n) is 6.91. The molecular formula is C16H16F2N2O. The molecule has 110 valence electrons. The van der Waals surface area contributed by atoms with Crippen molar-refractivity contribution >= 4 is 0 Å². The Morgan fingerprint density at radius 2 is 1.95 bits per heavy atom. The SMILES string of the molecule is CCOc1cc(F)c(F)cc1-c1ccncc1C1(N)CC1. The average Bonchev–Trinajstić information content (AvgIpc) is 3.22. The average molecular weight is 290 g/mol. The zero-order valence-electron chi connectivity index (χ0n) is 11.7. The molecule has 1 aliphatic carbocycles. The third-order valence-corrected chi connectivity index (χ3v) is 3.76. The minimum atomic E-state index is -0.924. The largest absolute Gasteiger partial charge is 0.493 e. The Morgan fingerprint density at radius 3 is 2.62 bits per heavy atom.